The molecule has 0 spiro atoms. The van der Waals surface area contributed by atoms with E-state index in [9.17, 15) is 4.79 Å². The number of hydrogen-bond donors (Lipinski definition) is 0. The standard InChI is InChI=1S/C13H15ClN2O2/c1-16(7-3-4-13(17)18-2)12-8-11(14)6-5-10(12)9-15/h5-6,8H,3-4,7H2,1-2H3. The molecule has 0 unspecified atom stereocenters. The molecule has 0 radical (unpaired) electrons. The lowest BCUT2D eigenvalue weighted by molar-refractivity contribution is -0.140. The van der Waals surface area contributed by atoms with Crippen LogP contribution in [0.1, 0.15) is 18.4 Å². The fourth-order valence-corrected chi connectivity index (χ4v) is 1.76. The molecular formula is C13H15ClN2O2. The highest BCUT2D eigenvalue weighted by atomic mass is 35.5. The highest BCUT2D eigenvalue weighted by molar-refractivity contribution is 6.30. The maximum absolute atomic E-state index is 11.0. The summed E-state index contributed by atoms with van der Waals surface area (Å²) in [5.74, 6) is -0.227. The average molecular weight is 267 g/mol. The number of anilines is 1. The fourth-order valence-electron chi connectivity index (χ4n) is 1.60. The van der Waals surface area contributed by atoms with Crippen molar-refractivity contribution in [2.24, 2.45) is 0 Å². The Morgan fingerprint density at radius 2 is 2.28 bits per heavy atom. The minimum atomic E-state index is -0.227. The SMILES string of the molecule is COC(=O)CCCN(C)c1cc(Cl)ccc1C#N. The van der Waals surface area contributed by atoms with Gasteiger partial charge in [0.25, 0.3) is 0 Å². The minimum absolute atomic E-state index is 0.227. The van der Waals surface area contributed by atoms with Gasteiger partial charge in [-0.1, -0.05) is 11.6 Å². The number of ether oxygens (including phenoxy) is 1. The van der Waals surface area contributed by atoms with Crippen LogP contribution in [0.3, 0.4) is 0 Å². The quantitative estimate of drug-likeness (QED) is 0.769. The van der Waals surface area contributed by atoms with Crippen molar-refractivity contribution in [3.63, 3.8) is 0 Å². The highest BCUT2D eigenvalue weighted by Gasteiger charge is 2.09. The van der Waals surface area contributed by atoms with E-state index in [4.69, 9.17) is 16.9 Å². The number of carbonyl (C=O) groups is 1. The van der Waals surface area contributed by atoms with Crippen molar-refractivity contribution in [3.8, 4) is 6.07 Å². The number of benzene rings is 1. The van der Waals surface area contributed by atoms with Gasteiger partial charge in [-0.25, -0.2) is 0 Å². The van der Waals surface area contributed by atoms with E-state index >= 15 is 0 Å². The van der Waals surface area contributed by atoms with Crippen LogP contribution in [-0.2, 0) is 9.53 Å². The summed E-state index contributed by atoms with van der Waals surface area (Å²) in [6, 6.07) is 7.25. The minimum Gasteiger partial charge on any atom is -0.469 e. The van der Waals surface area contributed by atoms with E-state index in [1.54, 1.807) is 18.2 Å². The first kappa shape index (κ1) is 14.3. The van der Waals surface area contributed by atoms with Crippen LogP contribution in [0.4, 0.5) is 5.69 Å². The molecule has 0 aliphatic rings. The van der Waals surface area contributed by atoms with E-state index in [0.717, 1.165) is 5.69 Å². The molecule has 0 bridgehead atoms. The van der Waals surface area contributed by atoms with Crippen molar-refractivity contribution in [1.29, 1.82) is 5.26 Å². The Hall–Kier alpha value is -1.73. The van der Waals surface area contributed by atoms with Crippen LogP contribution in [0.25, 0.3) is 0 Å². The van der Waals surface area contributed by atoms with E-state index in [2.05, 4.69) is 10.8 Å². The predicted octanol–water partition coefficient (Wildman–Crippen LogP) is 2.60. The van der Waals surface area contributed by atoms with Crippen LogP contribution in [0.15, 0.2) is 18.2 Å². The Balaban J connectivity index is 2.66. The van der Waals surface area contributed by atoms with E-state index in [1.807, 2.05) is 11.9 Å². The first-order valence-electron chi connectivity index (χ1n) is 5.56. The molecule has 4 nitrogen and oxygen atoms in total. The van der Waals surface area contributed by atoms with Gasteiger partial charge in [-0.05, 0) is 24.6 Å². The lowest BCUT2D eigenvalue weighted by atomic mass is 10.1. The summed E-state index contributed by atoms with van der Waals surface area (Å²) >= 11 is 5.91. The summed E-state index contributed by atoms with van der Waals surface area (Å²) < 4.78 is 4.57. The van der Waals surface area contributed by atoms with Gasteiger partial charge in [0.15, 0.2) is 0 Å². The summed E-state index contributed by atoms with van der Waals surface area (Å²) in [5.41, 5.74) is 1.34. The molecule has 96 valence electrons. The van der Waals surface area contributed by atoms with E-state index in [0.29, 0.717) is 30.0 Å². The van der Waals surface area contributed by atoms with Crippen molar-refractivity contribution >= 4 is 23.3 Å². The van der Waals surface area contributed by atoms with Gasteiger partial charge in [-0.3, -0.25) is 4.79 Å². The first-order valence-corrected chi connectivity index (χ1v) is 5.94. The summed E-state index contributed by atoms with van der Waals surface area (Å²) in [7, 11) is 3.24. The van der Waals surface area contributed by atoms with Gasteiger partial charge in [0.2, 0.25) is 0 Å². The van der Waals surface area contributed by atoms with Crippen LogP contribution in [0.2, 0.25) is 5.02 Å². The molecule has 0 aromatic heterocycles. The molecule has 0 atom stereocenters. The van der Waals surface area contributed by atoms with Gasteiger partial charge in [0.05, 0.1) is 18.4 Å². The van der Waals surface area contributed by atoms with Crippen LogP contribution >= 0.6 is 11.6 Å². The number of halogens is 1. The molecule has 1 rings (SSSR count). The largest absolute Gasteiger partial charge is 0.469 e. The molecular weight excluding hydrogens is 252 g/mol. The first-order chi connectivity index (χ1) is 8.58. The van der Waals surface area contributed by atoms with E-state index < -0.39 is 0 Å². The number of nitriles is 1. The smallest absolute Gasteiger partial charge is 0.305 e. The molecule has 0 fully saturated rings. The molecule has 18 heavy (non-hydrogen) atoms. The number of nitrogens with zero attached hydrogens (tertiary/aromatic N) is 2. The van der Waals surface area contributed by atoms with Crippen molar-refractivity contribution in [3.05, 3.63) is 28.8 Å². The lowest BCUT2D eigenvalue weighted by Crippen LogP contribution is -2.20. The van der Waals surface area contributed by atoms with Gasteiger partial charge >= 0.3 is 5.97 Å². The van der Waals surface area contributed by atoms with Gasteiger partial charge < -0.3 is 9.64 Å². The third kappa shape index (κ3) is 3.94. The normalized spacial score (nSPS) is 9.67. The lowest BCUT2D eigenvalue weighted by Gasteiger charge is -2.20. The van der Waals surface area contributed by atoms with Crippen LogP contribution in [-0.4, -0.2) is 26.7 Å². The molecule has 0 heterocycles. The summed E-state index contributed by atoms with van der Waals surface area (Å²) in [4.78, 5) is 12.9. The Labute approximate surface area is 112 Å². The number of rotatable bonds is 5. The molecule has 0 saturated heterocycles. The van der Waals surface area contributed by atoms with E-state index in [-0.39, 0.29) is 5.97 Å². The average Bonchev–Trinajstić information content (AvgIpc) is 2.38. The van der Waals surface area contributed by atoms with E-state index in [1.165, 1.54) is 7.11 Å². The molecule has 1 aromatic carbocycles. The number of hydrogen-bond acceptors (Lipinski definition) is 4. The molecule has 1 aromatic rings. The fraction of sp³-hybridized carbons (Fsp3) is 0.385. The molecule has 0 saturated carbocycles. The van der Waals surface area contributed by atoms with Crippen LogP contribution in [0, 0.1) is 11.3 Å². The monoisotopic (exact) mass is 266 g/mol. The molecule has 0 amide bonds. The van der Waals surface area contributed by atoms with Crippen molar-refractivity contribution < 1.29 is 9.53 Å². The Morgan fingerprint density at radius 3 is 2.89 bits per heavy atom. The van der Waals surface area contributed by atoms with Crippen LogP contribution < -0.4 is 4.90 Å². The summed E-state index contributed by atoms with van der Waals surface area (Å²) in [6.45, 7) is 0.657. The predicted molar refractivity (Wildman–Crippen MR) is 70.7 cm³/mol. The Morgan fingerprint density at radius 1 is 1.56 bits per heavy atom. The zero-order valence-corrected chi connectivity index (χ0v) is 11.2. The van der Waals surface area contributed by atoms with Gasteiger partial charge in [0, 0.05) is 25.0 Å². The Kier molecular flexibility index (Phi) is 5.47. The third-order valence-electron chi connectivity index (χ3n) is 2.59. The summed E-state index contributed by atoms with van der Waals surface area (Å²) in [6.07, 6.45) is 1.03. The maximum atomic E-state index is 11.0. The second-order valence-corrected chi connectivity index (χ2v) is 4.31. The Bertz CT molecular complexity index is 469. The van der Waals surface area contributed by atoms with Crippen molar-refractivity contribution in [2.45, 2.75) is 12.8 Å². The second kappa shape index (κ2) is 6.87. The zero-order chi connectivity index (χ0) is 13.5. The summed E-state index contributed by atoms with van der Waals surface area (Å²) in [5, 5.41) is 9.60. The molecule has 0 N–H and O–H groups in total. The maximum Gasteiger partial charge on any atom is 0.305 e. The van der Waals surface area contributed by atoms with Crippen molar-refractivity contribution in [2.75, 3.05) is 25.6 Å². The number of methoxy groups -OCH3 is 1. The van der Waals surface area contributed by atoms with Gasteiger partial charge in [-0.15, -0.1) is 0 Å². The van der Waals surface area contributed by atoms with Crippen molar-refractivity contribution in [1.82, 2.24) is 0 Å². The van der Waals surface area contributed by atoms with Gasteiger partial charge in [0.1, 0.15) is 6.07 Å². The second-order valence-electron chi connectivity index (χ2n) is 3.87. The molecule has 5 heteroatoms. The molecule has 0 aliphatic heterocycles. The highest BCUT2D eigenvalue weighted by Crippen LogP contribution is 2.23. The topological polar surface area (TPSA) is 53.3 Å². The molecule has 0 aliphatic carbocycles. The number of esters is 1. The third-order valence-corrected chi connectivity index (χ3v) is 2.83. The number of carbonyl (C=O) groups excluding carboxylic acids is 1. The zero-order valence-electron chi connectivity index (χ0n) is 10.4. The van der Waals surface area contributed by atoms with Gasteiger partial charge in [-0.2, -0.15) is 5.26 Å². The van der Waals surface area contributed by atoms with Crippen LogP contribution in [0.5, 0.6) is 0 Å².